The molecule has 0 radical (unpaired) electrons. The lowest BCUT2D eigenvalue weighted by atomic mass is 10.1. The highest BCUT2D eigenvalue weighted by molar-refractivity contribution is 6.34. The van der Waals surface area contributed by atoms with Gasteiger partial charge in [0.25, 0.3) is 5.91 Å². The van der Waals surface area contributed by atoms with Crippen LogP contribution in [0.15, 0.2) is 30.3 Å². The summed E-state index contributed by atoms with van der Waals surface area (Å²) in [4.78, 5) is 16.6. The minimum Gasteiger partial charge on any atom is -0.468 e. The third-order valence-electron chi connectivity index (χ3n) is 4.23. The third-order valence-corrected chi connectivity index (χ3v) is 4.50. The predicted octanol–water partition coefficient (Wildman–Crippen LogP) is 3.49. The van der Waals surface area contributed by atoms with Gasteiger partial charge in [-0.05, 0) is 31.9 Å². The van der Waals surface area contributed by atoms with E-state index < -0.39 is 0 Å². The van der Waals surface area contributed by atoms with E-state index in [0.717, 1.165) is 16.5 Å². The van der Waals surface area contributed by atoms with Crippen LogP contribution in [0.25, 0.3) is 11.0 Å². The van der Waals surface area contributed by atoms with Crippen molar-refractivity contribution >= 4 is 28.5 Å². The first-order chi connectivity index (χ1) is 12.3. The van der Waals surface area contributed by atoms with Gasteiger partial charge < -0.3 is 10.1 Å². The smallest absolute Gasteiger partial charge is 0.258 e. The van der Waals surface area contributed by atoms with E-state index in [0.29, 0.717) is 16.7 Å². The molecule has 26 heavy (non-hydrogen) atoms. The summed E-state index contributed by atoms with van der Waals surface area (Å²) in [6.07, 6.45) is 0. The molecule has 0 saturated heterocycles. The van der Waals surface area contributed by atoms with Gasteiger partial charge in [-0.2, -0.15) is 10.1 Å². The summed E-state index contributed by atoms with van der Waals surface area (Å²) < 4.78 is 7.16. The summed E-state index contributed by atoms with van der Waals surface area (Å²) in [5.74, 6) is 0.161. The Morgan fingerprint density at radius 1 is 1.31 bits per heavy atom. The quantitative estimate of drug-likeness (QED) is 0.744. The lowest BCUT2D eigenvalue weighted by molar-refractivity contribution is -0.123. The van der Waals surface area contributed by atoms with Crippen LogP contribution in [0, 0.1) is 13.8 Å². The summed E-state index contributed by atoms with van der Waals surface area (Å²) in [6, 6.07) is 9.72. The molecule has 3 aromatic rings. The molecule has 6 nitrogen and oxygen atoms in total. The summed E-state index contributed by atoms with van der Waals surface area (Å²) in [7, 11) is 1.76. The van der Waals surface area contributed by atoms with Gasteiger partial charge in [-0.25, -0.2) is 4.68 Å². The molecule has 0 fully saturated rings. The van der Waals surface area contributed by atoms with Crippen LogP contribution in [-0.4, -0.2) is 27.3 Å². The number of hydrogen-bond acceptors (Lipinski definition) is 4. The van der Waals surface area contributed by atoms with Gasteiger partial charge in [0, 0.05) is 13.1 Å². The Balaban J connectivity index is 1.65. The number of aryl methyl sites for hydroxylation is 3. The van der Waals surface area contributed by atoms with Gasteiger partial charge in [-0.15, -0.1) is 0 Å². The van der Waals surface area contributed by atoms with Crippen LogP contribution in [0.3, 0.4) is 0 Å². The Morgan fingerprint density at radius 3 is 2.69 bits per heavy atom. The Hall–Kier alpha value is -2.60. The molecule has 0 unspecified atom stereocenters. The fourth-order valence-corrected chi connectivity index (χ4v) is 3.13. The molecule has 0 aliphatic heterocycles. The van der Waals surface area contributed by atoms with Crippen LogP contribution >= 0.6 is 11.6 Å². The zero-order valence-electron chi connectivity index (χ0n) is 15.2. The fourth-order valence-electron chi connectivity index (χ4n) is 2.78. The van der Waals surface area contributed by atoms with E-state index in [1.165, 1.54) is 5.56 Å². The maximum Gasteiger partial charge on any atom is 0.258 e. The minimum atomic E-state index is -0.208. The average molecular weight is 373 g/mol. The van der Waals surface area contributed by atoms with Crippen molar-refractivity contribution < 1.29 is 9.53 Å². The fraction of sp³-hybridized carbons (Fsp3) is 0.316. The number of hydrogen-bond donors (Lipinski definition) is 1. The zero-order valence-corrected chi connectivity index (χ0v) is 16.0. The molecule has 136 valence electrons. The van der Waals surface area contributed by atoms with Gasteiger partial charge in [-0.1, -0.05) is 41.4 Å². The molecule has 7 heteroatoms. The van der Waals surface area contributed by atoms with Crippen LogP contribution in [0.1, 0.15) is 29.7 Å². The largest absolute Gasteiger partial charge is 0.468 e. The van der Waals surface area contributed by atoms with Crippen LogP contribution in [0.4, 0.5) is 0 Å². The SMILES string of the molecule is Cc1ccc([C@H](C)NC(=O)COc2cc(C)c3c(Cl)nn(C)c3n2)cc1. The number of pyridine rings is 1. The van der Waals surface area contributed by atoms with E-state index in [9.17, 15) is 4.79 Å². The topological polar surface area (TPSA) is 69.0 Å². The summed E-state index contributed by atoms with van der Waals surface area (Å²) in [6.45, 7) is 5.76. The number of halogens is 1. The molecular formula is C19H21ClN4O2. The summed E-state index contributed by atoms with van der Waals surface area (Å²) in [5, 5.41) is 8.27. The Morgan fingerprint density at radius 2 is 2.00 bits per heavy atom. The molecular weight excluding hydrogens is 352 g/mol. The molecule has 1 N–H and O–H groups in total. The molecule has 0 aliphatic carbocycles. The molecule has 1 amide bonds. The first kappa shape index (κ1) is 18.2. The van der Waals surface area contributed by atoms with Crippen molar-refractivity contribution in [2.24, 2.45) is 7.05 Å². The van der Waals surface area contributed by atoms with Crippen molar-refractivity contribution in [3.05, 3.63) is 52.2 Å². The van der Waals surface area contributed by atoms with Crippen molar-refractivity contribution in [2.45, 2.75) is 26.8 Å². The first-order valence-corrected chi connectivity index (χ1v) is 8.71. The average Bonchev–Trinajstić information content (AvgIpc) is 2.88. The van der Waals surface area contributed by atoms with Crippen molar-refractivity contribution in [3.63, 3.8) is 0 Å². The van der Waals surface area contributed by atoms with Crippen LogP contribution in [0.5, 0.6) is 5.88 Å². The monoisotopic (exact) mass is 372 g/mol. The number of nitrogens with zero attached hydrogens (tertiary/aromatic N) is 3. The number of carbonyl (C=O) groups excluding carboxylic acids is 1. The number of rotatable bonds is 5. The van der Waals surface area contributed by atoms with Crippen molar-refractivity contribution in [1.29, 1.82) is 0 Å². The molecule has 0 bridgehead atoms. The summed E-state index contributed by atoms with van der Waals surface area (Å²) >= 11 is 6.11. The highest BCUT2D eigenvalue weighted by Crippen LogP contribution is 2.27. The predicted molar refractivity (Wildman–Crippen MR) is 101 cm³/mol. The normalized spacial score (nSPS) is 12.2. The zero-order chi connectivity index (χ0) is 18.8. The minimum absolute atomic E-state index is 0.0974. The van der Waals surface area contributed by atoms with Gasteiger partial charge in [0.2, 0.25) is 5.88 Å². The van der Waals surface area contributed by atoms with Crippen LogP contribution < -0.4 is 10.1 Å². The Labute approximate surface area is 157 Å². The Bertz CT molecular complexity index is 950. The summed E-state index contributed by atoms with van der Waals surface area (Å²) in [5.41, 5.74) is 3.75. The molecule has 0 aliphatic rings. The lowest BCUT2D eigenvalue weighted by Gasteiger charge is -2.15. The van der Waals surface area contributed by atoms with E-state index >= 15 is 0 Å². The highest BCUT2D eigenvalue weighted by Gasteiger charge is 2.14. The molecule has 2 heterocycles. The van der Waals surface area contributed by atoms with Crippen LogP contribution in [0.2, 0.25) is 5.15 Å². The molecule has 0 spiro atoms. The number of aromatic nitrogens is 3. The second-order valence-corrected chi connectivity index (χ2v) is 6.74. The molecule has 2 aromatic heterocycles. The van der Waals surface area contributed by atoms with Crippen molar-refractivity contribution in [1.82, 2.24) is 20.1 Å². The van der Waals surface area contributed by atoms with E-state index in [1.54, 1.807) is 17.8 Å². The van der Waals surface area contributed by atoms with Crippen molar-refractivity contribution in [2.75, 3.05) is 6.61 Å². The second-order valence-electron chi connectivity index (χ2n) is 6.38. The van der Waals surface area contributed by atoms with Gasteiger partial charge in [0.1, 0.15) is 0 Å². The van der Waals surface area contributed by atoms with Crippen molar-refractivity contribution in [3.8, 4) is 5.88 Å². The molecule has 1 atom stereocenters. The molecule has 0 saturated carbocycles. The number of amides is 1. The lowest BCUT2D eigenvalue weighted by Crippen LogP contribution is -2.31. The van der Waals surface area contributed by atoms with E-state index in [-0.39, 0.29) is 18.6 Å². The maximum absolute atomic E-state index is 12.2. The van der Waals surface area contributed by atoms with E-state index in [2.05, 4.69) is 15.4 Å². The number of benzene rings is 1. The number of ether oxygens (including phenoxy) is 1. The second kappa shape index (κ2) is 7.33. The van der Waals surface area contributed by atoms with Gasteiger partial charge >= 0.3 is 0 Å². The molecule has 3 rings (SSSR count). The highest BCUT2D eigenvalue weighted by atomic mass is 35.5. The van der Waals surface area contributed by atoms with E-state index in [4.69, 9.17) is 16.3 Å². The van der Waals surface area contributed by atoms with E-state index in [1.807, 2.05) is 45.0 Å². The Kier molecular flexibility index (Phi) is 5.13. The van der Waals surface area contributed by atoms with Gasteiger partial charge in [0.05, 0.1) is 11.4 Å². The standard InChI is InChI=1S/C19H21ClN4O2/c1-11-5-7-14(8-6-11)13(3)21-15(25)10-26-16-9-12(2)17-18(20)23-24(4)19(17)22-16/h5-9,13H,10H2,1-4H3,(H,21,25)/t13-/m0/s1. The van der Waals surface area contributed by atoms with Crippen LogP contribution in [-0.2, 0) is 11.8 Å². The molecule has 1 aromatic carbocycles. The first-order valence-electron chi connectivity index (χ1n) is 8.33. The number of fused-ring (bicyclic) bond motifs is 1. The number of carbonyl (C=O) groups is 1. The van der Waals surface area contributed by atoms with Gasteiger partial charge in [0.15, 0.2) is 17.4 Å². The maximum atomic E-state index is 12.2. The third kappa shape index (κ3) is 3.80. The number of nitrogens with one attached hydrogen (secondary N) is 1. The van der Waals surface area contributed by atoms with Gasteiger partial charge in [-0.3, -0.25) is 4.79 Å².